The van der Waals surface area contributed by atoms with Crippen LogP contribution in [-0.4, -0.2) is 95.0 Å². The third-order valence-electron chi connectivity index (χ3n) is 7.22. The van der Waals surface area contributed by atoms with E-state index in [4.69, 9.17) is 14.2 Å². The highest BCUT2D eigenvalue weighted by atomic mass is 32.2. The number of methoxy groups -OCH3 is 1. The first-order valence-electron chi connectivity index (χ1n) is 14.1. The molecular weight excluding hydrogens is 546 g/mol. The van der Waals surface area contributed by atoms with E-state index >= 15 is 0 Å². The zero-order valence-corrected chi connectivity index (χ0v) is 25.8. The Morgan fingerprint density at radius 3 is 2.49 bits per heavy atom. The summed E-state index contributed by atoms with van der Waals surface area (Å²) in [4.78, 5) is 17.9. The van der Waals surface area contributed by atoms with Crippen LogP contribution in [0.25, 0.3) is 0 Å². The van der Waals surface area contributed by atoms with Gasteiger partial charge in [-0.05, 0) is 89.7 Å². The SMILES string of the molecule is COc1ccc(S(=O)(=O)Nc2ccc3c(c2)C(=O)N([C@H](C)CO)C[C@@H](C)[C@@H](CN(C)C)OCCCC[C@@H](C)O3)cc1. The van der Waals surface area contributed by atoms with Crippen molar-refractivity contribution in [2.24, 2.45) is 5.92 Å². The van der Waals surface area contributed by atoms with Crippen LogP contribution in [0.5, 0.6) is 11.5 Å². The molecule has 0 bridgehead atoms. The summed E-state index contributed by atoms with van der Waals surface area (Å²) >= 11 is 0. The van der Waals surface area contributed by atoms with Gasteiger partial charge in [-0.3, -0.25) is 9.52 Å². The number of fused-ring (bicyclic) bond motifs is 1. The van der Waals surface area contributed by atoms with Gasteiger partial charge in [-0.2, -0.15) is 0 Å². The van der Waals surface area contributed by atoms with Crippen LogP contribution in [-0.2, 0) is 14.8 Å². The van der Waals surface area contributed by atoms with Crippen molar-refractivity contribution in [3.63, 3.8) is 0 Å². The van der Waals surface area contributed by atoms with Gasteiger partial charge in [-0.1, -0.05) is 6.92 Å². The number of rotatable bonds is 8. The third-order valence-corrected chi connectivity index (χ3v) is 8.62. The number of amides is 1. The molecule has 0 aromatic heterocycles. The number of carbonyl (C=O) groups is 1. The number of hydrogen-bond donors (Lipinski definition) is 2. The maximum absolute atomic E-state index is 14.1. The molecule has 1 amide bonds. The summed E-state index contributed by atoms with van der Waals surface area (Å²) in [5.41, 5.74) is 0.449. The summed E-state index contributed by atoms with van der Waals surface area (Å²) in [6.07, 6.45) is 2.28. The zero-order valence-electron chi connectivity index (χ0n) is 25.0. The van der Waals surface area contributed by atoms with Crippen molar-refractivity contribution in [2.75, 3.05) is 52.2 Å². The zero-order chi connectivity index (χ0) is 30.2. The Hall–Kier alpha value is -2.86. The topological polar surface area (TPSA) is 118 Å². The van der Waals surface area contributed by atoms with Crippen LogP contribution in [0.2, 0.25) is 0 Å². The average molecular weight is 592 g/mol. The summed E-state index contributed by atoms with van der Waals surface area (Å²) < 4.78 is 46.5. The molecule has 0 saturated carbocycles. The summed E-state index contributed by atoms with van der Waals surface area (Å²) in [5, 5.41) is 10.1. The fourth-order valence-electron chi connectivity index (χ4n) is 4.78. The quantitative estimate of drug-likeness (QED) is 0.476. The van der Waals surface area contributed by atoms with Crippen molar-refractivity contribution in [2.45, 2.75) is 63.2 Å². The lowest BCUT2D eigenvalue weighted by atomic mass is 10.0. The van der Waals surface area contributed by atoms with E-state index in [1.54, 1.807) is 36.1 Å². The number of likely N-dealkylation sites (N-methyl/N-ethyl adjacent to an activating group) is 1. The predicted octanol–water partition coefficient (Wildman–Crippen LogP) is 3.85. The van der Waals surface area contributed by atoms with E-state index in [-0.39, 0.29) is 46.8 Å². The second-order valence-corrected chi connectivity index (χ2v) is 12.7. The molecule has 1 heterocycles. The van der Waals surface area contributed by atoms with Crippen LogP contribution in [0.4, 0.5) is 5.69 Å². The maximum Gasteiger partial charge on any atom is 0.261 e. The first-order chi connectivity index (χ1) is 19.4. The number of ether oxygens (including phenoxy) is 3. The van der Waals surface area contributed by atoms with Crippen LogP contribution in [0.15, 0.2) is 47.4 Å². The van der Waals surface area contributed by atoms with E-state index < -0.39 is 16.1 Å². The minimum Gasteiger partial charge on any atom is -0.497 e. The van der Waals surface area contributed by atoms with Crippen molar-refractivity contribution in [3.05, 3.63) is 48.0 Å². The number of aliphatic hydroxyl groups is 1. The molecule has 41 heavy (non-hydrogen) atoms. The molecule has 228 valence electrons. The molecule has 10 nitrogen and oxygen atoms in total. The molecule has 4 atom stereocenters. The minimum absolute atomic E-state index is 0.0293. The molecule has 2 aromatic rings. The van der Waals surface area contributed by atoms with Gasteiger partial charge in [0.15, 0.2) is 0 Å². The first-order valence-corrected chi connectivity index (χ1v) is 15.6. The third kappa shape index (κ3) is 9.06. The summed E-state index contributed by atoms with van der Waals surface area (Å²) in [7, 11) is 1.55. The number of nitrogens with zero attached hydrogens (tertiary/aromatic N) is 2. The number of benzene rings is 2. The van der Waals surface area contributed by atoms with Gasteiger partial charge in [0.1, 0.15) is 11.5 Å². The number of hydrogen-bond acceptors (Lipinski definition) is 8. The molecule has 1 aliphatic heterocycles. The van der Waals surface area contributed by atoms with Crippen LogP contribution in [0.3, 0.4) is 0 Å². The van der Waals surface area contributed by atoms with Gasteiger partial charge >= 0.3 is 0 Å². The molecule has 11 heteroatoms. The van der Waals surface area contributed by atoms with E-state index in [1.807, 2.05) is 27.9 Å². The van der Waals surface area contributed by atoms with E-state index in [0.29, 0.717) is 31.2 Å². The summed E-state index contributed by atoms with van der Waals surface area (Å²) in [6.45, 7) is 7.21. The second-order valence-electron chi connectivity index (χ2n) is 11.1. The fraction of sp³-hybridized carbons (Fsp3) is 0.567. The highest BCUT2D eigenvalue weighted by molar-refractivity contribution is 7.92. The second kappa shape index (κ2) is 14.9. The van der Waals surface area contributed by atoms with Crippen molar-refractivity contribution in [1.29, 1.82) is 0 Å². The molecule has 0 saturated heterocycles. The average Bonchev–Trinajstić information content (AvgIpc) is 2.94. The fourth-order valence-corrected chi connectivity index (χ4v) is 5.83. The Balaban J connectivity index is 2.01. The largest absolute Gasteiger partial charge is 0.497 e. The first kappa shape index (κ1) is 32.7. The Morgan fingerprint density at radius 1 is 1.15 bits per heavy atom. The lowest BCUT2D eigenvalue weighted by Crippen LogP contribution is -2.47. The molecule has 0 aliphatic carbocycles. The Kier molecular flexibility index (Phi) is 11.8. The molecule has 1 aliphatic rings. The van der Waals surface area contributed by atoms with Gasteiger partial charge < -0.3 is 29.1 Å². The number of sulfonamides is 1. The highest BCUT2D eigenvalue weighted by Crippen LogP contribution is 2.29. The van der Waals surface area contributed by atoms with E-state index in [9.17, 15) is 18.3 Å². The molecule has 0 spiro atoms. The van der Waals surface area contributed by atoms with Crippen LogP contribution >= 0.6 is 0 Å². The van der Waals surface area contributed by atoms with Crippen molar-refractivity contribution < 1.29 is 32.5 Å². The predicted molar refractivity (Wildman–Crippen MR) is 159 cm³/mol. The minimum atomic E-state index is -3.94. The van der Waals surface area contributed by atoms with E-state index in [0.717, 1.165) is 19.3 Å². The molecule has 2 N–H and O–H groups in total. The monoisotopic (exact) mass is 591 g/mol. The number of nitrogens with one attached hydrogen (secondary N) is 1. The van der Waals surface area contributed by atoms with Gasteiger partial charge in [0.05, 0.1) is 42.4 Å². The van der Waals surface area contributed by atoms with Crippen LogP contribution in [0, 0.1) is 5.92 Å². The molecule has 0 unspecified atom stereocenters. The Bertz CT molecular complexity index is 1240. The molecule has 3 rings (SSSR count). The Labute approximate surface area is 244 Å². The van der Waals surface area contributed by atoms with E-state index in [2.05, 4.69) is 9.62 Å². The smallest absolute Gasteiger partial charge is 0.261 e. The van der Waals surface area contributed by atoms with Gasteiger partial charge in [-0.15, -0.1) is 0 Å². The highest BCUT2D eigenvalue weighted by Gasteiger charge is 2.30. The van der Waals surface area contributed by atoms with Gasteiger partial charge in [0, 0.05) is 31.3 Å². The summed E-state index contributed by atoms with van der Waals surface area (Å²) in [6, 6.07) is 10.3. The Morgan fingerprint density at radius 2 is 1.85 bits per heavy atom. The van der Waals surface area contributed by atoms with E-state index in [1.165, 1.54) is 25.3 Å². The molecule has 0 radical (unpaired) electrons. The number of aliphatic hydroxyl groups excluding tert-OH is 1. The maximum atomic E-state index is 14.1. The number of carbonyl (C=O) groups excluding carboxylic acids is 1. The lowest BCUT2D eigenvalue weighted by molar-refractivity contribution is -0.0137. The van der Waals surface area contributed by atoms with Crippen molar-refractivity contribution in [1.82, 2.24) is 9.80 Å². The van der Waals surface area contributed by atoms with Gasteiger partial charge in [0.2, 0.25) is 0 Å². The van der Waals surface area contributed by atoms with Crippen LogP contribution in [0.1, 0.15) is 50.4 Å². The van der Waals surface area contributed by atoms with Crippen molar-refractivity contribution in [3.8, 4) is 11.5 Å². The van der Waals surface area contributed by atoms with Crippen LogP contribution < -0.4 is 14.2 Å². The molecule has 2 aromatic carbocycles. The van der Waals surface area contributed by atoms with Gasteiger partial charge in [0.25, 0.3) is 15.9 Å². The summed E-state index contributed by atoms with van der Waals surface area (Å²) in [5.74, 6) is 0.526. The molecular formula is C30H45N3O7S. The van der Waals surface area contributed by atoms with Crippen molar-refractivity contribution >= 4 is 21.6 Å². The molecule has 0 fully saturated rings. The van der Waals surface area contributed by atoms with Gasteiger partial charge in [-0.25, -0.2) is 8.42 Å². The normalized spacial score (nSPS) is 21.9. The number of anilines is 1. The standard InChI is InChI=1S/C30H45N3O7S/c1-21-18-33(22(2)20-34)30(35)27-17-24(31-41(36,37)26-13-11-25(38-6)12-14-26)10-15-28(27)40-23(3)9-7-8-16-39-29(21)19-32(4)5/h10-15,17,21-23,29,31,34H,7-9,16,18-20H2,1-6H3/t21-,22-,23-,29-/m1/s1. The lowest BCUT2D eigenvalue weighted by Gasteiger charge is -2.35.